The zero-order chi connectivity index (χ0) is 13.9. The van der Waals surface area contributed by atoms with Gasteiger partial charge in [0.25, 0.3) is 0 Å². The minimum atomic E-state index is 0.818. The molecule has 0 radical (unpaired) electrons. The molecule has 0 saturated carbocycles. The van der Waals surface area contributed by atoms with Gasteiger partial charge >= 0.3 is 0 Å². The summed E-state index contributed by atoms with van der Waals surface area (Å²) < 4.78 is 0. The summed E-state index contributed by atoms with van der Waals surface area (Å²) >= 11 is 6.39. The molecule has 0 unspecified atom stereocenters. The largest absolute Gasteiger partial charge is 0.363 e. The molecule has 0 saturated heterocycles. The van der Waals surface area contributed by atoms with Gasteiger partial charge in [-0.05, 0) is 29.8 Å². The van der Waals surface area contributed by atoms with Crippen LogP contribution >= 0.6 is 11.6 Å². The highest BCUT2D eigenvalue weighted by Crippen LogP contribution is 2.33. The normalized spacial score (nSPS) is 13.6. The molecule has 20 heavy (non-hydrogen) atoms. The van der Waals surface area contributed by atoms with E-state index in [2.05, 4.69) is 47.5 Å². The Morgan fingerprint density at radius 2 is 1.75 bits per heavy atom. The van der Waals surface area contributed by atoms with Gasteiger partial charge in [-0.2, -0.15) is 0 Å². The third-order valence-electron chi connectivity index (χ3n) is 3.83. The van der Waals surface area contributed by atoms with Crippen LogP contribution < -0.4 is 10.2 Å². The van der Waals surface area contributed by atoms with Crippen molar-refractivity contribution in [3.8, 4) is 0 Å². The second kappa shape index (κ2) is 5.86. The van der Waals surface area contributed by atoms with Crippen LogP contribution in [0, 0.1) is 0 Å². The molecule has 0 aromatic heterocycles. The number of fused-ring (bicyclic) bond motifs is 1. The molecule has 3 heteroatoms. The molecular formula is C17H19ClN2. The van der Waals surface area contributed by atoms with Gasteiger partial charge in [0.1, 0.15) is 0 Å². The Morgan fingerprint density at radius 3 is 2.40 bits per heavy atom. The molecule has 1 aliphatic rings. The lowest BCUT2D eigenvalue weighted by atomic mass is 10.1. The van der Waals surface area contributed by atoms with E-state index in [-0.39, 0.29) is 0 Å². The Hall–Kier alpha value is -1.51. The molecule has 0 spiro atoms. The molecule has 104 valence electrons. The van der Waals surface area contributed by atoms with Gasteiger partial charge in [0.15, 0.2) is 0 Å². The van der Waals surface area contributed by atoms with Crippen molar-refractivity contribution in [3.63, 3.8) is 0 Å². The summed E-state index contributed by atoms with van der Waals surface area (Å²) in [6, 6.07) is 14.8. The smallest absolute Gasteiger partial charge is 0.0471 e. The van der Waals surface area contributed by atoms with Gasteiger partial charge in [0.2, 0.25) is 0 Å². The van der Waals surface area contributed by atoms with Crippen LogP contribution in [0.2, 0.25) is 5.02 Å². The number of hydrogen-bond donors (Lipinski definition) is 1. The second-order valence-corrected chi connectivity index (χ2v) is 5.55. The van der Waals surface area contributed by atoms with Crippen LogP contribution in [0.25, 0.3) is 0 Å². The Balaban J connectivity index is 1.90. The molecular weight excluding hydrogens is 268 g/mol. The number of hydrogen-bond acceptors (Lipinski definition) is 2. The molecule has 0 aliphatic carbocycles. The van der Waals surface area contributed by atoms with E-state index in [0.29, 0.717) is 0 Å². The van der Waals surface area contributed by atoms with Crippen molar-refractivity contribution in [2.45, 2.75) is 26.6 Å². The predicted molar refractivity (Wildman–Crippen MR) is 85.2 cm³/mol. The zero-order valence-corrected chi connectivity index (χ0v) is 12.5. The van der Waals surface area contributed by atoms with Crippen LogP contribution in [-0.4, -0.2) is 6.54 Å². The number of anilines is 1. The van der Waals surface area contributed by atoms with E-state index in [1.807, 2.05) is 12.1 Å². The summed E-state index contributed by atoms with van der Waals surface area (Å²) in [7, 11) is 0. The number of benzene rings is 2. The lowest BCUT2D eigenvalue weighted by Gasteiger charge is -2.22. The first-order valence-corrected chi connectivity index (χ1v) is 7.47. The summed E-state index contributed by atoms with van der Waals surface area (Å²) in [5, 5.41) is 4.23. The molecule has 0 bridgehead atoms. The van der Waals surface area contributed by atoms with Gasteiger partial charge in [0.05, 0.1) is 0 Å². The monoisotopic (exact) mass is 286 g/mol. The van der Waals surface area contributed by atoms with E-state index in [4.69, 9.17) is 11.6 Å². The minimum absolute atomic E-state index is 0.818. The van der Waals surface area contributed by atoms with Crippen molar-refractivity contribution in [2.75, 3.05) is 11.4 Å². The minimum Gasteiger partial charge on any atom is -0.363 e. The van der Waals surface area contributed by atoms with Crippen molar-refractivity contribution in [1.82, 2.24) is 5.32 Å². The molecule has 0 fully saturated rings. The van der Waals surface area contributed by atoms with Crippen molar-refractivity contribution >= 4 is 17.3 Å². The first-order valence-electron chi connectivity index (χ1n) is 7.09. The first-order chi connectivity index (χ1) is 9.79. The maximum absolute atomic E-state index is 6.39. The highest BCUT2D eigenvalue weighted by atomic mass is 35.5. The van der Waals surface area contributed by atoms with E-state index < -0.39 is 0 Å². The molecule has 1 N–H and O–H groups in total. The first kappa shape index (κ1) is 13.5. The molecule has 2 aromatic carbocycles. The van der Waals surface area contributed by atoms with E-state index in [9.17, 15) is 0 Å². The lowest BCUT2D eigenvalue weighted by Crippen LogP contribution is -2.20. The molecule has 1 heterocycles. The molecule has 0 amide bonds. The maximum Gasteiger partial charge on any atom is 0.0471 e. The predicted octanol–water partition coefficient (Wildman–Crippen LogP) is 3.97. The second-order valence-electron chi connectivity index (χ2n) is 5.14. The van der Waals surface area contributed by atoms with Crippen LogP contribution in [0.4, 0.5) is 5.69 Å². The van der Waals surface area contributed by atoms with Gasteiger partial charge in [-0.25, -0.2) is 0 Å². The van der Waals surface area contributed by atoms with E-state index in [1.165, 1.54) is 22.4 Å². The van der Waals surface area contributed by atoms with Gasteiger partial charge in [-0.3, -0.25) is 0 Å². The molecule has 2 nitrogen and oxygen atoms in total. The van der Waals surface area contributed by atoms with Gasteiger partial charge in [0, 0.05) is 35.9 Å². The molecule has 3 rings (SSSR count). The van der Waals surface area contributed by atoms with E-state index >= 15 is 0 Å². The van der Waals surface area contributed by atoms with Gasteiger partial charge in [-0.15, -0.1) is 0 Å². The summed E-state index contributed by atoms with van der Waals surface area (Å²) in [4.78, 5) is 2.41. The van der Waals surface area contributed by atoms with Crippen LogP contribution in [0.15, 0.2) is 42.5 Å². The summed E-state index contributed by atoms with van der Waals surface area (Å²) in [6.07, 6.45) is 0. The SMILES string of the molecule is CCNCc1c(Cl)cccc1N1Cc2ccccc2C1. The zero-order valence-electron chi connectivity index (χ0n) is 11.7. The summed E-state index contributed by atoms with van der Waals surface area (Å²) in [6.45, 7) is 5.82. The lowest BCUT2D eigenvalue weighted by molar-refractivity contribution is 0.721. The van der Waals surface area contributed by atoms with Crippen molar-refractivity contribution in [3.05, 3.63) is 64.2 Å². The fourth-order valence-electron chi connectivity index (χ4n) is 2.77. The van der Waals surface area contributed by atoms with E-state index in [0.717, 1.165) is 31.2 Å². The molecule has 1 aliphatic heterocycles. The summed E-state index contributed by atoms with van der Waals surface area (Å²) in [5.74, 6) is 0. The average Bonchev–Trinajstić information content (AvgIpc) is 2.89. The molecule has 2 aromatic rings. The van der Waals surface area contributed by atoms with Crippen molar-refractivity contribution in [1.29, 1.82) is 0 Å². The Bertz CT molecular complexity index is 585. The van der Waals surface area contributed by atoms with Gasteiger partial charge in [-0.1, -0.05) is 48.9 Å². The highest BCUT2D eigenvalue weighted by molar-refractivity contribution is 6.31. The fraction of sp³-hybridized carbons (Fsp3) is 0.294. The van der Waals surface area contributed by atoms with Crippen LogP contribution in [-0.2, 0) is 19.6 Å². The number of nitrogens with one attached hydrogen (secondary N) is 1. The number of rotatable bonds is 4. The number of halogens is 1. The van der Waals surface area contributed by atoms with Crippen molar-refractivity contribution in [2.24, 2.45) is 0 Å². The Kier molecular flexibility index (Phi) is 3.95. The summed E-state index contributed by atoms with van der Waals surface area (Å²) in [5.41, 5.74) is 5.28. The molecule has 0 atom stereocenters. The third kappa shape index (κ3) is 2.54. The Morgan fingerprint density at radius 1 is 1.05 bits per heavy atom. The topological polar surface area (TPSA) is 15.3 Å². The van der Waals surface area contributed by atoms with Crippen molar-refractivity contribution < 1.29 is 0 Å². The van der Waals surface area contributed by atoms with E-state index in [1.54, 1.807) is 0 Å². The quantitative estimate of drug-likeness (QED) is 0.915. The fourth-order valence-corrected chi connectivity index (χ4v) is 3.01. The van der Waals surface area contributed by atoms with Gasteiger partial charge < -0.3 is 10.2 Å². The standard InChI is InChI=1S/C17H19ClN2/c1-2-19-10-15-16(18)8-5-9-17(15)20-11-13-6-3-4-7-14(13)12-20/h3-9,19H,2,10-12H2,1H3. The number of nitrogens with zero attached hydrogens (tertiary/aromatic N) is 1. The average molecular weight is 287 g/mol. The Labute approximate surface area is 125 Å². The van der Waals surface area contributed by atoms with Crippen LogP contribution in [0.5, 0.6) is 0 Å². The van der Waals surface area contributed by atoms with Crippen LogP contribution in [0.1, 0.15) is 23.6 Å². The third-order valence-corrected chi connectivity index (χ3v) is 4.18. The highest BCUT2D eigenvalue weighted by Gasteiger charge is 2.21. The van der Waals surface area contributed by atoms with Crippen LogP contribution in [0.3, 0.4) is 0 Å². The maximum atomic E-state index is 6.39.